The highest BCUT2D eigenvalue weighted by molar-refractivity contribution is 5.78. The maximum Gasteiger partial charge on any atom is 0.223 e. The van der Waals surface area contributed by atoms with E-state index in [2.05, 4.69) is 74.0 Å². The van der Waals surface area contributed by atoms with E-state index in [-0.39, 0.29) is 11.8 Å². The normalized spacial score (nSPS) is 11.3. The molecule has 0 spiro atoms. The number of carbonyl (C=O) groups is 1. The minimum atomic E-state index is 0.103. The summed E-state index contributed by atoms with van der Waals surface area (Å²) in [6, 6.07) is 14.6. The van der Waals surface area contributed by atoms with Gasteiger partial charge in [-0.3, -0.25) is 4.79 Å². The number of carbonyl (C=O) groups excluding carboxylic acids is 1. The van der Waals surface area contributed by atoms with Crippen LogP contribution < -0.4 is 10.1 Å². The van der Waals surface area contributed by atoms with Crippen LogP contribution in [-0.4, -0.2) is 28.6 Å². The molecule has 0 radical (unpaired) electrons. The van der Waals surface area contributed by atoms with E-state index in [0.29, 0.717) is 13.2 Å². The predicted molar refractivity (Wildman–Crippen MR) is 131 cm³/mol. The summed E-state index contributed by atoms with van der Waals surface area (Å²) < 4.78 is 8.27. The van der Waals surface area contributed by atoms with Gasteiger partial charge in [-0.05, 0) is 74.9 Å². The number of para-hydroxylation sites is 2. The molecule has 172 valence electrons. The number of aromatic nitrogens is 2. The number of fused-ring (bicyclic) bond motifs is 1. The molecule has 1 heterocycles. The lowest BCUT2D eigenvalue weighted by atomic mass is 10.0. The van der Waals surface area contributed by atoms with Crippen LogP contribution in [0.5, 0.6) is 5.75 Å². The van der Waals surface area contributed by atoms with Crippen LogP contribution in [0, 0.1) is 19.8 Å². The lowest BCUT2D eigenvalue weighted by molar-refractivity contribution is -0.125. The van der Waals surface area contributed by atoms with E-state index in [9.17, 15) is 4.79 Å². The largest absolute Gasteiger partial charge is 0.494 e. The van der Waals surface area contributed by atoms with Gasteiger partial charge in [0, 0.05) is 25.4 Å². The van der Waals surface area contributed by atoms with Crippen molar-refractivity contribution in [1.82, 2.24) is 14.9 Å². The minimum Gasteiger partial charge on any atom is -0.494 e. The van der Waals surface area contributed by atoms with Crippen molar-refractivity contribution in [2.75, 3.05) is 13.2 Å². The first kappa shape index (κ1) is 23.8. The smallest absolute Gasteiger partial charge is 0.223 e. The summed E-state index contributed by atoms with van der Waals surface area (Å²) >= 11 is 0. The number of nitrogens with one attached hydrogen (secondary N) is 1. The third-order valence-electron chi connectivity index (χ3n) is 5.98. The van der Waals surface area contributed by atoms with Gasteiger partial charge in [0.25, 0.3) is 0 Å². The van der Waals surface area contributed by atoms with Crippen molar-refractivity contribution in [1.29, 1.82) is 0 Å². The Bertz CT molecular complexity index is 1000. The lowest BCUT2D eigenvalue weighted by Crippen LogP contribution is -2.32. The van der Waals surface area contributed by atoms with Gasteiger partial charge in [0.2, 0.25) is 5.91 Å². The van der Waals surface area contributed by atoms with Crippen LogP contribution in [0.25, 0.3) is 11.0 Å². The van der Waals surface area contributed by atoms with Crippen molar-refractivity contribution in [3.63, 3.8) is 0 Å². The Labute approximate surface area is 192 Å². The van der Waals surface area contributed by atoms with Crippen molar-refractivity contribution >= 4 is 16.9 Å². The van der Waals surface area contributed by atoms with E-state index in [1.807, 2.05) is 6.07 Å². The molecule has 0 saturated carbocycles. The number of nitrogens with zero attached hydrogens (tertiary/aromatic N) is 2. The quantitative estimate of drug-likeness (QED) is 0.376. The fourth-order valence-electron chi connectivity index (χ4n) is 4.25. The molecular weight excluding hydrogens is 398 g/mol. The molecule has 5 heteroatoms. The van der Waals surface area contributed by atoms with Crippen LogP contribution in [0.2, 0.25) is 0 Å². The molecule has 0 fully saturated rings. The number of unbranched alkanes of at least 4 members (excludes halogenated alkanes) is 1. The van der Waals surface area contributed by atoms with E-state index >= 15 is 0 Å². The predicted octanol–water partition coefficient (Wildman–Crippen LogP) is 5.61. The van der Waals surface area contributed by atoms with Crippen molar-refractivity contribution in [3.05, 3.63) is 59.4 Å². The van der Waals surface area contributed by atoms with E-state index in [4.69, 9.17) is 9.72 Å². The number of amides is 1. The van der Waals surface area contributed by atoms with Crippen molar-refractivity contribution in [2.45, 2.75) is 66.3 Å². The highest BCUT2D eigenvalue weighted by Crippen LogP contribution is 2.19. The van der Waals surface area contributed by atoms with Crippen LogP contribution in [0.15, 0.2) is 42.5 Å². The van der Waals surface area contributed by atoms with E-state index in [0.717, 1.165) is 61.3 Å². The Kier molecular flexibility index (Phi) is 8.72. The first-order chi connectivity index (χ1) is 15.5. The second-order valence-electron chi connectivity index (χ2n) is 8.60. The Morgan fingerprint density at radius 2 is 1.78 bits per heavy atom. The Balaban J connectivity index is 1.56. The molecule has 3 aromatic rings. The number of hydrogen-bond donors (Lipinski definition) is 1. The standard InChI is InChI=1S/C27H37N3O2/c1-5-22(6-2)27(31)28-14-13-26-29-24-11-7-8-12-25(24)30(26)15-9-10-16-32-23-18-20(3)17-21(4)19-23/h7-8,11-12,17-19,22H,5-6,9-10,13-16H2,1-4H3,(H,28,31). The number of ether oxygens (including phenoxy) is 1. The second-order valence-corrected chi connectivity index (χ2v) is 8.60. The van der Waals surface area contributed by atoms with Crippen molar-refractivity contribution < 1.29 is 9.53 Å². The van der Waals surface area contributed by atoms with Crippen molar-refractivity contribution in [3.8, 4) is 5.75 Å². The van der Waals surface area contributed by atoms with Gasteiger partial charge in [-0.1, -0.05) is 32.0 Å². The molecule has 0 saturated heterocycles. The third kappa shape index (κ3) is 6.35. The zero-order chi connectivity index (χ0) is 22.9. The Hall–Kier alpha value is -2.82. The van der Waals surface area contributed by atoms with Gasteiger partial charge in [-0.2, -0.15) is 0 Å². The summed E-state index contributed by atoms with van der Waals surface area (Å²) in [5.74, 6) is 2.24. The molecule has 2 aromatic carbocycles. The summed E-state index contributed by atoms with van der Waals surface area (Å²) in [5, 5.41) is 3.10. The minimum absolute atomic E-state index is 0.103. The topological polar surface area (TPSA) is 56.2 Å². The van der Waals surface area contributed by atoms with E-state index in [1.165, 1.54) is 11.1 Å². The number of imidazole rings is 1. The number of aryl methyl sites for hydroxylation is 3. The molecule has 32 heavy (non-hydrogen) atoms. The third-order valence-corrected chi connectivity index (χ3v) is 5.98. The van der Waals surface area contributed by atoms with Crippen LogP contribution in [0.4, 0.5) is 0 Å². The van der Waals surface area contributed by atoms with Crippen LogP contribution in [0.1, 0.15) is 56.5 Å². The van der Waals surface area contributed by atoms with Gasteiger partial charge >= 0.3 is 0 Å². The van der Waals surface area contributed by atoms with Crippen LogP contribution >= 0.6 is 0 Å². The molecule has 1 amide bonds. The fraction of sp³-hybridized carbons (Fsp3) is 0.481. The monoisotopic (exact) mass is 435 g/mol. The van der Waals surface area contributed by atoms with Gasteiger partial charge in [0.15, 0.2) is 0 Å². The van der Waals surface area contributed by atoms with Gasteiger partial charge in [-0.25, -0.2) is 4.98 Å². The zero-order valence-corrected chi connectivity index (χ0v) is 20.0. The average molecular weight is 436 g/mol. The molecule has 5 nitrogen and oxygen atoms in total. The molecule has 0 aliphatic rings. The van der Waals surface area contributed by atoms with Gasteiger partial charge in [0.1, 0.15) is 11.6 Å². The molecule has 1 N–H and O–H groups in total. The average Bonchev–Trinajstić information content (AvgIpc) is 3.11. The number of rotatable bonds is 12. The highest BCUT2D eigenvalue weighted by atomic mass is 16.5. The number of hydrogen-bond acceptors (Lipinski definition) is 3. The molecule has 3 rings (SSSR count). The van der Waals surface area contributed by atoms with Crippen LogP contribution in [0.3, 0.4) is 0 Å². The second kappa shape index (κ2) is 11.7. The van der Waals surface area contributed by atoms with Gasteiger partial charge in [-0.15, -0.1) is 0 Å². The summed E-state index contributed by atoms with van der Waals surface area (Å²) in [7, 11) is 0. The highest BCUT2D eigenvalue weighted by Gasteiger charge is 2.15. The lowest BCUT2D eigenvalue weighted by Gasteiger charge is -2.13. The summed E-state index contributed by atoms with van der Waals surface area (Å²) in [4.78, 5) is 17.1. The Morgan fingerprint density at radius 1 is 1.06 bits per heavy atom. The molecule has 1 aromatic heterocycles. The molecule has 0 bridgehead atoms. The molecule has 0 aliphatic heterocycles. The van der Waals surface area contributed by atoms with Gasteiger partial charge < -0.3 is 14.6 Å². The van der Waals surface area contributed by atoms with E-state index < -0.39 is 0 Å². The summed E-state index contributed by atoms with van der Waals surface area (Å²) in [6.45, 7) is 10.5. The maximum atomic E-state index is 12.3. The zero-order valence-electron chi connectivity index (χ0n) is 20.0. The van der Waals surface area contributed by atoms with Gasteiger partial charge in [0.05, 0.1) is 17.6 Å². The molecule has 0 unspecified atom stereocenters. The molecule has 0 aliphatic carbocycles. The summed E-state index contributed by atoms with van der Waals surface area (Å²) in [5.41, 5.74) is 4.63. The Morgan fingerprint density at radius 3 is 2.50 bits per heavy atom. The SMILES string of the molecule is CCC(CC)C(=O)NCCc1nc2ccccc2n1CCCCOc1cc(C)cc(C)c1. The maximum absolute atomic E-state index is 12.3. The number of benzene rings is 2. The molecule has 0 atom stereocenters. The molecular formula is C27H37N3O2. The van der Waals surface area contributed by atoms with E-state index in [1.54, 1.807) is 0 Å². The fourth-order valence-corrected chi connectivity index (χ4v) is 4.25. The first-order valence-corrected chi connectivity index (χ1v) is 11.9. The van der Waals surface area contributed by atoms with Crippen LogP contribution in [-0.2, 0) is 17.8 Å². The summed E-state index contributed by atoms with van der Waals surface area (Å²) in [6.07, 6.45) is 4.48. The first-order valence-electron chi connectivity index (χ1n) is 11.9. The van der Waals surface area contributed by atoms with Crippen molar-refractivity contribution in [2.24, 2.45) is 5.92 Å².